The number of hydrogen-bond donors (Lipinski definition) is 1. The molecule has 0 spiro atoms. The Bertz CT molecular complexity index is 1090. The van der Waals surface area contributed by atoms with Gasteiger partial charge in [-0.1, -0.05) is 61.9 Å². The lowest BCUT2D eigenvalue weighted by Gasteiger charge is -2.15. The molecule has 0 bridgehead atoms. The minimum absolute atomic E-state index is 0.437. The minimum atomic E-state index is 0.437. The number of rotatable bonds is 4. The molecule has 4 heteroatoms. The standard InChI is InChI=1S/C23H23N3S/c1-14(2)18-7-5-6-8-19(18)26-22-21-20(17-11-9-15(3)10-12-17)16(4)27-23(21)25-13-24-22/h5-14H,1-4H3,(H,24,25,26). The van der Waals surface area contributed by atoms with Gasteiger partial charge in [0.2, 0.25) is 0 Å². The van der Waals surface area contributed by atoms with Gasteiger partial charge in [-0.3, -0.25) is 0 Å². The maximum atomic E-state index is 4.60. The third-order valence-electron chi connectivity index (χ3n) is 4.84. The van der Waals surface area contributed by atoms with E-state index in [9.17, 15) is 0 Å². The van der Waals surface area contributed by atoms with Crippen LogP contribution < -0.4 is 5.32 Å². The summed E-state index contributed by atoms with van der Waals surface area (Å²) in [4.78, 5) is 11.4. The fraction of sp³-hybridized carbons (Fsp3) is 0.217. The normalized spacial score (nSPS) is 11.3. The van der Waals surface area contributed by atoms with Gasteiger partial charge < -0.3 is 5.32 Å². The smallest absolute Gasteiger partial charge is 0.143 e. The van der Waals surface area contributed by atoms with Crippen LogP contribution in [0.25, 0.3) is 21.3 Å². The second-order valence-electron chi connectivity index (χ2n) is 7.17. The number of fused-ring (bicyclic) bond motifs is 1. The fourth-order valence-corrected chi connectivity index (χ4v) is 4.46. The molecule has 0 amide bonds. The van der Waals surface area contributed by atoms with Crippen LogP contribution in [-0.4, -0.2) is 9.97 Å². The molecule has 4 rings (SSSR count). The molecule has 0 saturated carbocycles. The van der Waals surface area contributed by atoms with Gasteiger partial charge >= 0.3 is 0 Å². The van der Waals surface area contributed by atoms with E-state index in [1.807, 2.05) is 0 Å². The highest BCUT2D eigenvalue weighted by atomic mass is 32.1. The summed E-state index contributed by atoms with van der Waals surface area (Å²) in [5, 5.41) is 4.69. The summed E-state index contributed by atoms with van der Waals surface area (Å²) in [6, 6.07) is 17.1. The molecule has 3 nitrogen and oxygen atoms in total. The molecule has 0 atom stereocenters. The summed E-state index contributed by atoms with van der Waals surface area (Å²) in [5.41, 5.74) is 6.08. The van der Waals surface area contributed by atoms with Crippen LogP contribution in [0.5, 0.6) is 0 Å². The highest BCUT2D eigenvalue weighted by Gasteiger charge is 2.17. The number of benzene rings is 2. The Labute approximate surface area is 164 Å². The van der Waals surface area contributed by atoms with E-state index < -0.39 is 0 Å². The summed E-state index contributed by atoms with van der Waals surface area (Å²) < 4.78 is 0. The molecule has 0 aliphatic rings. The Morgan fingerprint density at radius 3 is 2.41 bits per heavy atom. The lowest BCUT2D eigenvalue weighted by molar-refractivity contribution is 0.869. The van der Waals surface area contributed by atoms with Gasteiger partial charge in [-0.25, -0.2) is 9.97 Å². The first-order valence-electron chi connectivity index (χ1n) is 9.21. The van der Waals surface area contributed by atoms with E-state index in [-0.39, 0.29) is 0 Å². The zero-order chi connectivity index (χ0) is 19.0. The Morgan fingerprint density at radius 2 is 1.67 bits per heavy atom. The maximum absolute atomic E-state index is 4.60. The molecule has 2 aromatic heterocycles. The molecule has 1 N–H and O–H groups in total. The lowest BCUT2D eigenvalue weighted by atomic mass is 10.0. The van der Waals surface area contributed by atoms with Crippen LogP contribution in [0.2, 0.25) is 0 Å². The van der Waals surface area contributed by atoms with E-state index in [4.69, 9.17) is 0 Å². The Kier molecular flexibility index (Phi) is 4.66. The van der Waals surface area contributed by atoms with Gasteiger partial charge in [0, 0.05) is 16.1 Å². The Balaban J connectivity index is 1.89. The molecule has 2 aromatic carbocycles. The van der Waals surface area contributed by atoms with Crippen LogP contribution in [0.15, 0.2) is 54.9 Å². The summed E-state index contributed by atoms with van der Waals surface area (Å²) in [7, 11) is 0. The summed E-state index contributed by atoms with van der Waals surface area (Å²) >= 11 is 1.72. The molecule has 0 radical (unpaired) electrons. The zero-order valence-electron chi connectivity index (χ0n) is 16.1. The number of aryl methyl sites for hydroxylation is 2. The molecule has 27 heavy (non-hydrogen) atoms. The molecule has 0 saturated heterocycles. The van der Waals surface area contributed by atoms with Crippen molar-refractivity contribution in [2.75, 3.05) is 5.32 Å². The van der Waals surface area contributed by atoms with Crippen molar-refractivity contribution >= 4 is 33.1 Å². The van der Waals surface area contributed by atoms with Gasteiger partial charge in [0.25, 0.3) is 0 Å². The van der Waals surface area contributed by atoms with E-state index in [1.54, 1.807) is 17.7 Å². The van der Waals surface area contributed by atoms with Crippen LogP contribution >= 0.6 is 11.3 Å². The summed E-state index contributed by atoms with van der Waals surface area (Å²) in [5.74, 6) is 1.31. The second kappa shape index (κ2) is 7.12. The van der Waals surface area contributed by atoms with Gasteiger partial charge in [0.15, 0.2) is 0 Å². The average Bonchev–Trinajstić information content (AvgIpc) is 2.99. The van der Waals surface area contributed by atoms with Gasteiger partial charge in [0.1, 0.15) is 17.0 Å². The predicted molar refractivity (Wildman–Crippen MR) is 116 cm³/mol. The first-order chi connectivity index (χ1) is 13.0. The SMILES string of the molecule is Cc1ccc(-c2c(C)sc3ncnc(Nc4ccccc4C(C)C)c23)cc1. The van der Waals surface area contributed by atoms with Crippen molar-refractivity contribution in [1.82, 2.24) is 9.97 Å². The molecular weight excluding hydrogens is 350 g/mol. The largest absolute Gasteiger partial charge is 0.339 e. The first kappa shape index (κ1) is 17.7. The van der Waals surface area contributed by atoms with Gasteiger partial charge in [-0.05, 0) is 37.0 Å². The quantitative estimate of drug-likeness (QED) is 0.425. The Morgan fingerprint density at radius 1 is 0.926 bits per heavy atom. The number of nitrogens with one attached hydrogen (secondary N) is 1. The van der Waals surface area contributed by atoms with Crippen molar-refractivity contribution in [3.05, 3.63) is 70.9 Å². The molecule has 4 aromatic rings. The van der Waals surface area contributed by atoms with E-state index in [2.05, 4.69) is 91.5 Å². The van der Waals surface area contributed by atoms with Crippen LogP contribution in [-0.2, 0) is 0 Å². The number of para-hydroxylation sites is 1. The molecule has 0 aliphatic heterocycles. The molecule has 2 heterocycles. The van der Waals surface area contributed by atoms with Crippen molar-refractivity contribution in [2.24, 2.45) is 0 Å². The number of hydrogen-bond acceptors (Lipinski definition) is 4. The highest BCUT2D eigenvalue weighted by Crippen LogP contribution is 2.41. The molecular formula is C23H23N3S. The van der Waals surface area contributed by atoms with Crippen LogP contribution in [0.3, 0.4) is 0 Å². The molecule has 0 fully saturated rings. The maximum Gasteiger partial charge on any atom is 0.143 e. The number of anilines is 2. The number of nitrogens with zero attached hydrogens (tertiary/aromatic N) is 2. The number of aromatic nitrogens is 2. The third kappa shape index (κ3) is 3.33. The van der Waals surface area contributed by atoms with Crippen LogP contribution in [0, 0.1) is 13.8 Å². The summed E-state index contributed by atoms with van der Waals surface area (Å²) in [6.07, 6.45) is 1.65. The van der Waals surface area contributed by atoms with Crippen LogP contribution in [0.1, 0.15) is 35.8 Å². The summed E-state index contributed by atoms with van der Waals surface area (Å²) in [6.45, 7) is 8.69. The van der Waals surface area contributed by atoms with Crippen molar-refractivity contribution in [3.63, 3.8) is 0 Å². The molecule has 0 aliphatic carbocycles. The van der Waals surface area contributed by atoms with E-state index in [1.165, 1.54) is 27.1 Å². The second-order valence-corrected chi connectivity index (χ2v) is 8.37. The van der Waals surface area contributed by atoms with Crippen molar-refractivity contribution in [2.45, 2.75) is 33.6 Å². The Hall–Kier alpha value is -2.72. The van der Waals surface area contributed by atoms with Crippen molar-refractivity contribution < 1.29 is 0 Å². The lowest BCUT2D eigenvalue weighted by Crippen LogP contribution is -2.00. The fourth-order valence-electron chi connectivity index (χ4n) is 3.45. The van der Waals surface area contributed by atoms with Crippen molar-refractivity contribution in [1.29, 1.82) is 0 Å². The highest BCUT2D eigenvalue weighted by molar-refractivity contribution is 7.19. The van der Waals surface area contributed by atoms with Gasteiger partial charge in [-0.15, -0.1) is 11.3 Å². The van der Waals surface area contributed by atoms with E-state index in [0.29, 0.717) is 5.92 Å². The van der Waals surface area contributed by atoms with Gasteiger partial charge in [0.05, 0.1) is 5.39 Å². The average molecular weight is 374 g/mol. The molecule has 136 valence electrons. The van der Waals surface area contributed by atoms with Crippen LogP contribution in [0.4, 0.5) is 11.5 Å². The molecule has 0 unspecified atom stereocenters. The van der Waals surface area contributed by atoms with Crippen molar-refractivity contribution in [3.8, 4) is 11.1 Å². The third-order valence-corrected chi connectivity index (χ3v) is 5.85. The predicted octanol–water partition coefficient (Wildman–Crippen LogP) is 6.84. The van der Waals surface area contributed by atoms with Gasteiger partial charge in [-0.2, -0.15) is 0 Å². The van der Waals surface area contributed by atoms with E-state index in [0.717, 1.165) is 21.7 Å². The minimum Gasteiger partial charge on any atom is -0.339 e. The van der Waals surface area contributed by atoms with E-state index >= 15 is 0 Å². The number of thiophene rings is 1. The first-order valence-corrected chi connectivity index (χ1v) is 10.0. The topological polar surface area (TPSA) is 37.8 Å². The monoisotopic (exact) mass is 373 g/mol. The zero-order valence-corrected chi connectivity index (χ0v) is 16.9.